The molecule has 1 N–H and O–H groups in total. The number of carbonyl (C=O) groups excluding carboxylic acids is 1. The molecule has 1 aliphatic rings. The lowest BCUT2D eigenvalue weighted by Crippen LogP contribution is -2.49. The molecule has 2 aromatic rings. The molecule has 1 amide bonds. The third-order valence-corrected chi connectivity index (χ3v) is 4.34. The Bertz CT molecular complexity index is 722. The highest BCUT2D eigenvalue weighted by Crippen LogP contribution is 2.19. The van der Waals surface area contributed by atoms with Gasteiger partial charge in [0.1, 0.15) is 5.82 Å². The second-order valence-electron chi connectivity index (χ2n) is 5.72. The normalized spacial score (nSPS) is 14.5. The van der Waals surface area contributed by atoms with E-state index in [1.54, 1.807) is 24.5 Å². The third kappa shape index (κ3) is 4.57. The predicted molar refractivity (Wildman–Crippen MR) is 95.3 cm³/mol. The van der Waals surface area contributed by atoms with Gasteiger partial charge < -0.3 is 15.1 Å². The summed E-state index contributed by atoms with van der Waals surface area (Å²) >= 11 is 5.74. The smallest absolute Gasteiger partial charge is 0.225 e. The second kappa shape index (κ2) is 8.11. The first kappa shape index (κ1) is 17.4. The lowest BCUT2D eigenvalue weighted by atomic mass is 10.2. The maximum atomic E-state index is 13.1. The first-order valence-electron chi connectivity index (χ1n) is 8.12. The zero-order valence-corrected chi connectivity index (χ0v) is 14.4. The van der Waals surface area contributed by atoms with Gasteiger partial charge in [0, 0.05) is 57.2 Å². The summed E-state index contributed by atoms with van der Waals surface area (Å²) < 4.78 is 13.1. The van der Waals surface area contributed by atoms with Gasteiger partial charge in [-0.3, -0.25) is 4.79 Å². The molecule has 1 aromatic carbocycles. The van der Waals surface area contributed by atoms with Crippen LogP contribution in [0.2, 0.25) is 5.02 Å². The minimum Gasteiger partial charge on any atom is -0.384 e. The van der Waals surface area contributed by atoms with Gasteiger partial charge in [-0.25, -0.2) is 14.4 Å². The molecular weight excluding hydrogens is 345 g/mol. The lowest BCUT2D eigenvalue weighted by molar-refractivity contribution is -0.131. The summed E-state index contributed by atoms with van der Waals surface area (Å²) in [5.41, 5.74) is 0.699. The summed E-state index contributed by atoms with van der Waals surface area (Å²) in [4.78, 5) is 24.7. The molecule has 1 saturated heterocycles. The van der Waals surface area contributed by atoms with Crippen molar-refractivity contribution in [2.45, 2.75) is 6.42 Å². The Kier molecular flexibility index (Phi) is 5.65. The zero-order chi connectivity index (χ0) is 17.6. The van der Waals surface area contributed by atoms with E-state index in [2.05, 4.69) is 20.2 Å². The molecule has 1 aliphatic heterocycles. The molecule has 1 fully saturated rings. The van der Waals surface area contributed by atoms with Crippen molar-refractivity contribution < 1.29 is 9.18 Å². The van der Waals surface area contributed by atoms with Crippen molar-refractivity contribution in [2.75, 3.05) is 42.9 Å². The molecule has 132 valence electrons. The van der Waals surface area contributed by atoms with Crippen LogP contribution in [0, 0.1) is 5.82 Å². The Balaban J connectivity index is 1.43. The number of halogens is 2. The van der Waals surface area contributed by atoms with E-state index in [0.29, 0.717) is 37.7 Å². The van der Waals surface area contributed by atoms with Crippen LogP contribution in [0.25, 0.3) is 0 Å². The van der Waals surface area contributed by atoms with E-state index < -0.39 is 5.82 Å². The lowest BCUT2D eigenvalue weighted by Gasteiger charge is -2.34. The fraction of sp³-hybridized carbons (Fsp3) is 0.353. The Labute approximate surface area is 150 Å². The number of nitrogens with one attached hydrogen (secondary N) is 1. The second-order valence-corrected chi connectivity index (χ2v) is 6.13. The number of anilines is 2. The van der Waals surface area contributed by atoms with Crippen LogP contribution < -0.4 is 10.2 Å². The van der Waals surface area contributed by atoms with E-state index >= 15 is 0 Å². The van der Waals surface area contributed by atoms with Gasteiger partial charge in [-0.05, 0) is 24.3 Å². The number of aromatic nitrogens is 2. The zero-order valence-electron chi connectivity index (χ0n) is 13.7. The van der Waals surface area contributed by atoms with E-state index in [1.807, 2.05) is 4.90 Å². The summed E-state index contributed by atoms with van der Waals surface area (Å²) in [5.74, 6) is 0.336. The van der Waals surface area contributed by atoms with Crippen LogP contribution in [0.1, 0.15) is 6.42 Å². The van der Waals surface area contributed by atoms with Gasteiger partial charge in [-0.1, -0.05) is 11.6 Å². The van der Waals surface area contributed by atoms with Gasteiger partial charge in [0.15, 0.2) is 0 Å². The Morgan fingerprint density at radius 2 is 1.92 bits per heavy atom. The molecule has 0 saturated carbocycles. The van der Waals surface area contributed by atoms with Crippen LogP contribution in [-0.2, 0) is 4.79 Å². The summed E-state index contributed by atoms with van der Waals surface area (Å²) in [7, 11) is 0. The van der Waals surface area contributed by atoms with Crippen LogP contribution in [0.15, 0.2) is 36.7 Å². The van der Waals surface area contributed by atoms with Crippen LogP contribution in [-0.4, -0.2) is 53.5 Å². The molecule has 6 nitrogen and oxygen atoms in total. The number of rotatable bonds is 5. The van der Waals surface area contributed by atoms with Crippen molar-refractivity contribution in [2.24, 2.45) is 0 Å². The maximum absolute atomic E-state index is 13.1. The number of hydrogen-bond acceptors (Lipinski definition) is 5. The van der Waals surface area contributed by atoms with Gasteiger partial charge >= 0.3 is 0 Å². The highest BCUT2D eigenvalue weighted by atomic mass is 35.5. The maximum Gasteiger partial charge on any atom is 0.225 e. The molecular formula is C17H19ClFN5O. The molecule has 0 atom stereocenters. The van der Waals surface area contributed by atoms with E-state index in [1.165, 1.54) is 12.1 Å². The van der Waals surface area contributed by atoms with E-state index in [4.69, 9.17) is 11.6 Å². The van der Waals surface area contributed by atoms with E-state index in [-0.39, 0.29) is 10.9 Å². The number of nitrogens with zero attached hydrogens (tertiary/aromatic N) is 4. The standard InChI is InChI=1S/C17H19ClFN5O/c18-14-12-13(2-3-15(14)19)20-7-4-16(25)23-8-10-24(11-9-23)17-21-5-1-6-22-17/h1-3,5-6,12,20H,4,7-11H2. The van der Waals surface area contributed by atoms with E-state index in [9.17, 15) is 9.18 Å². The summed E-state index contributed by atoms with van der Waals surface area (Å²) in [6, 6.07) is 6.20. The molecule has 3 rings (SSSR count). The quantitative estimate of drug-likeness (QED) is 0.884. The van der Waals surface area contributed by atoms with E-state index in [0.717, 1.165) is 13.1 Å². The SMILES string of the molecule is O=C(CCNc1ccc(F)c(Cl)c1)N1CCN(c2ncccn2)CC1. The summed E-state index contributed by atoms with van der Waals surface area (Å²) in [5, 5.41) is 3.15. The van der Waals surface area contributed by atoms with Crippen LogP contribution in [0.3, 0.4) is 0 Å². The molecule has 0 radical (unpaired) electrons. The number of amides is 1. The van der Waals surface area contributed by atoms with Crippen molar-refractivity contribution in [1.29, 1.82) is 0 Å². The number of piperazine rings is 1. The van der Waals surface area contributed by atoms with Gasteiger partial charge in [0.25, 0.3) is 0 Å². The number of carbonyl (C=O) groups is 1. The minimum atomic E-state index is -0.455. The van der Waals surface area contributed by atoms with Crippen molar-refractivity contribution in [3.63, 3.8) is 0 Å². The van der Waals surface area contributed by atoms with Crippen LogP contribution in [0.5, 0.6) is 0 Å². The Morgan fingerprint density at radius 1 is 1.20 bits per heavy atom. The molecule has 0 aliphatic carbocycles. The molecule has 8 heteroatoms. The van der Waals surface area contributed by atoms with Gasteiger partial charge in [-0.2, -0.15) is 0 Å². The fourth-order valence-corrected chi connectivity index (χ4v) is 2.87. The Hall–Kier alpha value is -2.41. The van der Waals surface area contributed by atoms with Crippen molar-refractivity contribution in [3.8, 4) is 0 Å². The van der Waals surface area contributed by atoms with Crippen molar-refractivity contribution in [1.82, 2.24) is 14.9 Å². The van der Waals surface area contributed by atoms with Gasteiger partial charge in [-0.15, -0.1) is 0 Å². The topological polar surface area (TPSA) is 61.4 Å². The monoisotopic (exact) mass is 363 g/mol. The highest BCUT2D eigenvalue weighted by Gasteiger charge is 2.21. The molecule has 0 spiro atoms. The average Bonchev–Trinajstić information content (AvgIpc) is 2.65. The fourth-order valence-electron chi connectivity index (χ4n) is 2.69. The van der Waals surface area contributed by atoms with Gasteiger partial charge in [0.05, 0.1) is 5.02 Å². The molecule has 0 unspecified atom stereocenters. The first-order valence-corrected chi connectivity index (χ1v) is 8.50. The minimum absolute atomic E-state index is 0.0654. The van der Waals surface area contributed by atoms with Crippen molar-refractivity contribution in [3.05, 3.63) is 47.5 Å². The van der Waals surface area contributed by atoms with Crippen LogP contribution in [0.4, 0.5) is 16.0 Å². The van der Waals surface area contributed by atoms with Crippen molar-refractivity contribution >= 4 is 29.1 Å². The largest absolute Gasteiger partial charge is 0.384 e. The highest BCUT2D eigenvalue weighted by molar-refractivity contribution is 6.31. The average molecular weight is 364 g/mol. The number of hydrogen-bond donors (Lipinski definition) is 1. The van der Waals surface area contributed by atoms with Gasteiger partial charge in [0.2, 0.25) is 11.9 Å². The summed E-state index contributed by atoms with van der Waals surface area (Å²) in [6.45, 7) is 3.22. The Morgan fingerprint density at radius 3 is 2.60 bits per heavy atom. The third-order valence-electron chi connectivity index (χ3n) is 4.05. The summed E-state index contributed by atoms with van der Waals surface area (Å²) in [6.07, 6.45) is 3.80. The predicted octanol–water partition coefficient (Wildman–Crippen LogP) is 2.42. The number of benzene rings is 1. The van der Waals surface area contributed by atoms with Crippen LogP contribution >= 0.6 is 11.6 Å². The molecule has 2 heterocycles. The molecule has 0 bridgehead atoms. The molecule has 1 aromatic heterocycles. The molecule has 25 heavy (non-hydrogen) atoms. The first-order chi connectivity index (χ1) is 12.1.